The highest BCUT2D eigenvalue weighted by Gasteiger charge is 2.25. The van der Waals surface area contributed by atoms with E-state index in [1.54, 1.807) is 36.4 Å². The molecule has 0 aromatic heterocycles. The predicted molar refractivity (Wildman–Crippen MR) is 75.5 cm³/mol. The molecular weight excluding hydrogens is 256 g/mol. The molecule has 0 fully saturated rings. The Morgan fingerprint density at radius 1 is 1.00 bits per heavy atom. The molecule has 20 heavy (non-hydrogen) atoms. The first-order chi connectivity index (χ1) is 9.49. The maximum absolute atomic E-state index is 10.9. The summed E-state index contributed by atoms with van der Waals surface area (Å²) in [6.45, 7) is 1.93. The third kappa shape index (κ3) is 2.77. The Labute approximate surface area is 116 Å². The Hall–Kier alpha value is -2.82. The van der Waals surface area contributed by atoms with E-state index in [-0.39, 0.29) is 17.6 Å². The van der Waals surface area contributed by atoms with Crippen LogP contribution in [0.1, 0.15) is 26.3 Å². The molecule has 2 aromatic carbocycles. The van der Waals surface area contributed by atoms with Crippen LogP contribution in [0.25, 0.3) is 0 Å². The number of fused-ring (bicyclic) bond motifs is 1. The second-order valence-electron chi connectivity index (χ2n) is 4.39. The van der Waals surface area contributed by atoms with Gasteiger partial charge in [-0.3, -0.25) is 14.9 Å². The van der Waals surface area contributed by atoms with Crippen molar-refractivity contribution in [2.45, 2.75) is 6.92 Å². The van der Waals surface area contributed by atoms with Gasteiger partial charge in [0.05, 0.1) is 16.8 Å². The Morgan fingerprint density at radius 2 is 1.55 bits per heavy atom. The fourth-order valence-electron chi connectivity index (χ4n) is 1.79. The zero-order valence-electron chi connectivity index (χ0n) is 10.9. The zero-order valence-corrected chi connectivity index (χ0v) is 10.9. The minimum Gasteiger partial charge on any atom is -0.506 e. The zero-order chi connectivity index (χ0) is 14.7. The number of hydrogen-bond donors (Lipinski definition) is 3. The lowest BCUT2D eigenvalue weighted by Gasteiger charge is -1.97. The molecule has 4 N–H and O–H groups in total. The van der Waals surface area contributed by atoms with Gasteiger partial charge in [0.15, 0.2) is 0 Å². The van der Waals surface area contributed by atoms with Gasteiger partial charge in [-0.05, 0) is 36.8 Å². The van der Waals surface area contributed by atoms with Crippen molar-refractivity contribution in [2.24, 2.45) is 0 Å². The summed E-state index contributed by atoms with van der Waals surface area (Å²) in [6, 6.07) is 11.9. The van der Waals surface area contributed by atoms with Gasteiger partial charge in [0.2, 0.25) is 0 Å². The van der Waals surface area contributed by atoms with Crippen LogP contribution in [-0.4, -0.2) is 16.9 Å². The molecule has 0 aliphatic carbocycles. The van der Waals surface area contributed by atoms with Gasteiger partial charge in [0.1, 0.15) is 5.75 Å². The highest BCUT2D eigenvalue weighted by atomic mass is 16.3. The number of carbonyl (C=O) groups excluding carboxylic acids is 2. The van der Waals surface area contributed by atoms with Crippen LogP contribution >= 0.6 is 0 Å². The second-order valence-corrected chi connectivity index (χ2v) is 4.39. The van der Waals surface area contributed by atoms with Crippen LogP contribution in [0.2, 0.25) is 0 Å². The number of imide groups is 1. The van der Waals surface area contributed by atoms with Crippen molar-refractivity contribution in [1.82, 2.24) is 5.32 Å². The van der Waals surface area contributed by atoms with E-state index in [0.29, 0.717) is 16.8 Å². The Morgan fingerprint density at radius 3 is 2.00 bits per heavy atom. The summed E-state index contributed by atoms with van der Waals surface area (Å²) in [5.41, 5.74) is 7.81. The summed E-state index contributed by atoms with van der Waals surface area (Å²) in [5, 5.41) is 11.1. The molecule has 1 aliphatic rings. The fourth-order valence-corrected chi connectivity index (χ4v) is 1.79. The van der Waals surface area contributed by atoms with Gasteiger partial charge in [-0.2, -0.15) is 0 Å². The normalized spacial score (nSPS) is 12.2. The molecule has 0 saturated heterocycles. The molecule has 0 bridgehead atoms. The van der Waals surface area contributed by atoms with Gasteiger partial charge in [-0.25, -0.2) is 0 Å². The SMILES string of the molecule is Cc1ccc(O)c(N)c1.O=C1NC(=O)c2ccccc21. The van der Waals surface area contributed by atoms with Crippen LogP contribution in [-0.2, 0) is 0 Å². The third-order valence-corrected chi connectivity index (χ3v) is 2.83. The maximum atomic E-state index is 10.9. The van der Waals surface area contributed by atoms with E-state index >= 15 is 0 Å². The first-order valence-corrected chi connectivity index (χ1v) is 5.99. The van der Waals surface area contributed by atoms with E-state index in [1.165, 1.54) is 0 Å². The van der Waals surface area contributed by atoms with E-state index in [4.69, 9.17) is 10.8 Å². The van der Waals surface area contributed by atoms with Crippen molar-refractivity contribution < 1.29 is 14.7 Å². The topological polar surface area (TPSA) is 92.4 Å². The second kappa shape index (κ2) is 5.44. The fraction of sp³-hybridized carbons (Fsp3) is 0.0667. The van der Waals surface area contributed by atoms with Crippen molar-refractivity contribution in [3.05, 3.63) is 59.2 Å². The summed E-state index contributed by atoms with van der Waals surface area (Å²) in [6.07, 6.45) is 0. The van der Waals surface area contributed by atoms with Gasteiger partial charge in [0.25, 0.3) is 11.8 Å². The molecular formula is C15H14N2O3. The molecule has 102 valence electrons. The molecule has 0 radical (unpaired) electrons. The number of anilines is 1. The molecule has 1 aliphatic heterocycles. The number of nitrogens with one attached hydrogen (secondary N) is 1. The predicted octanol–water partition coefficient (Wildman–Crippen LogP) is 1.85. The molecule has 5 nitrogen and oxygen atoms in total. The summed E-state index contributed by atoms with van der Waals surface area (Å²) in [4.78, 5) is 21.9. The smallest absolute Gasteiger partial charge is 0.258 e. The monoisotopic (exact) mass is 270 g/mol. The lowest BCUT2D eigenvalue weighted by atomic mass is 10.1. The van der Waals surface area contributed by atoms with E-state index in [9.17, 15) is 9.59 Å². The standard InChI is InChI=1S/C8H5NO2.C7H9NO/c10-7-5-3-1-2-4-6(5)8(11)9-7;1-5-2-3-7(9)6(8)4-5/h1-4H,(H,9,10,11);2-4,9H,8H2,1H3. The third-order valence-electron chi connectivity index (χ3n) is 2.83. The van der Waals surface area contributed by atoms with E-state index in [2.05, 4.69) is 5.32 Å². The van der Waals surface area contributed by atoms with Crippen molar-refractivity contribution in [3.8, 4) is 5.75 Å². The summed E-state index contributed by atoms with van der Waals surface area (Å²) < 4.78 is 0. The maximum Gasteiger partial charge on any atom is 0.258 e. The first kappa shape index (κ1) is 13.6. The minimum absolute atomic E-state index is 0.153. The Kier molecular flexibility index (Phi) is 3.70. The van der Waals surface area contributed by atoms with Crippen LogP contribution in [0.3, 0.4) is 0 Å². The van der Waals surface area contributed by atoms with Crippen molar-refractivity contribution in [3.63, 3.8) is 0 Å². The van der Waals surface area contributed by atoms with E-state index in [1.807, 2.05) is 13.0 Å². The Bertz CT molecular complexity index is 648. The number of nitrogens with two attached hydrogens (primary N) is 1. The molecule has 2 aromatic rings. The molecule has 0 atom stereocenters. The number of aryl methyl sites for hydroxylation is 1. The molecule has 0 saturated carbocycles. The molecule has 2 amide bonds. The number of carbonyl (C=O) groups is 2. The summed E-state index contributed by atoms with van der Waals surface area (Å²) >= 11 is 0. The molecule has 3 rings (SSSR count). The number of amides is 2. The minimum atomic E-state index is -0.300. The lowest BCUT2D eigenvalue weighted by Crippen LogP contribution is -2.19. The lowest BCUT2D eigenvalue weighted by molar-refractivity contribution is 0.0879. The molecule has 1 heterocycles. The van der Waals surface area contributed by atoms with Gasteiger partial charge >= 0.3 is 0 Å². The highest BCUT2D eigenvalue weighted by Crippen LogP contribution is 2.19. The van der Waals surface area contributed by atoms with Crippen LogP contribution in [0, 0.1) is 6.92 Å². The van der Waals surface area contributed by atoms with Gasteiger partial charge in [0, 0.05) is 0 Å². The number of hydrogen-bond acceptors (Lipinski definition) is 4. The summed E-state index contributed by atoms with van der Waals surface area (Å²) in [7, 11) is 0. The number of phenols is 1. The number of rotatable bonds is 0. The highest BCUT2D eigenvalue weighted by molar-refractivity contribution is 6.21. The van der Waals surface area contributed by atoms with E-state index in [0.717, 1.165) is 5.56 Å². The largest absolute Gasteiger partial charge is 0.506 e. The van der Waals surface area contributed by atoms with E-state index < -0.39 is 0 Å². The molecule has 5 heteroatoms. The number of nitrogen functional groups attached to an aromatic ring is 1. The van der Waals surface area contributed by atoms with Crippen molar-refractivity contribution in [2.75, 3.05) is 5.73 Å². The molecule has 0 spiro atoms. The average Bonchev–Trinajstić information content (AvgIpc) is 2.71. The van der Waals surface area contributed by atoms with Gasteiger partial charge in [-0.1, -0.05) is 18.2 Å². The van der Waals surface area contributed by atoms with Gasteiger partial charge < -0.3 is 10.8 Å². The van der Waals surface area contributed by atoms with Gasteiger partial charge in [-0.15, -0.1) is 0 Å². The van der Waals surface area contributed by atoms with Crippen LogP contribution in [0.4, 0.5) is 5.69 Å². The quantitative estimate of drug-likeness (QED) is 0.387. The van der Waals surface area contributed by atoms with Crippen LogP contribution in [0.5, 0.6) is 5.75 Å². The number of aromatic hydroxyl groups is 1. The number of benzene rings is 2. The Balaban J connectivity index is 0.000000151. The molecule has 0 unspecified atom stereocenters. The van der Waals surface area contributed by atoms with Crippen molar-refractivity contribution >= 4 is 17.5 Å². The van der Waals surface area contributed by atoms with Crippen molar-refractivity contribution in [1.29, 1.82) is 0 Å². The first-order valence-electron chi connectivity index (χ1n) is 5.99. The van der Waals surface area contributed by atoms with Crippen LogP contribution in [0.15, 0.2) is 42.5 Å². The number of phenolic OH excluding ortho intramolecular Hbond substituents is 1. The van der Waals surface area contributed by atoms with Crippen LogP contribution < -0.4 is 11.1 Å². The average molecular weight is 270 g/mol. The summed E-state index contributed by atoms with van der Waals surface area (Å²) in [5.74, 6) is -0.447.